The Bertz CT molecular complexity index is 284. The number of nitrogens with one attached hydrogen (secondary N) is 1. The molecule has 6 nitrogen and oxygen atoms in total. The molecule has 112 valence electrons. The molecule has 0 spiro atoms. The van der Waals surface area contributed by atoms with Gasteiger partial charge in [0.2, 0.25) is 5.91 Å². The molecule has 0 saturated heterocycles. The molecule has 0 aromatic heterocycles. The summed E-state index contributed by atoms with van der Waals surface area (Å²) < 4.78 is 0. The van der Waals surface area contributed by atoms with Crippen molar-refractivity contribution in [1.82, 2.24) is 5.32 Å². The summed E-state index contributed by atoms with van der Waals surface area (Å²) in [5.74, 6) is -0.990. The highest BCUT2D eigenvalue weighted by Gasteiger charge is 2.43. The molecular formula is C13H25NO5. The molecule has 1 saturated carbocycles. The van der Waals surface area contributed by atoms with Crippen molar-refractivity contribution in [3.63, 3.8) is 0 Å². The van der Waals surface area contributed by atoms with Gasteiger partial charge < -0.3 is 25.7 Å². The largest absolute Gasteiger partial charge is 0.396 e. The first-order valence-corrected chi connectivity index (χ1v) is 6.92. The maximum absolute atomic E-state index is 11.7. The summed E-state index contributed by atoms with van der Waals surface area (Å²) in [5.41, 5.74) is 0. The zero-order chi connectivity index (χ0) is 14.4. The Balaban J connectivity index is 2.65. The number of carbonyl (C=O) groups is 1. The smallest absolute Gasteiger partial charge is 0.220 e. The minimum Gasteiger partial charge on any atom is -0.396 e. The number of unbranched alkanes of at least 4 members (excludes halogenated alkanes) is 1. The van der Waals surface area contributed by atoms with Crippen molar-refractivity contribution in [3.8, 4) is 0 Å². The van der Waals surface area contributed by atoms with Gasteiger partial charge in [-0.25, -0.2) is 0 Å². The van der Waals surface area contributed by atoms with Crippen LogP contribution in [0.2, 0.25) is 0 Å². The van der Waals surface area contributed by atoms with Crippen molar-refractivity contribution >= 4 is 5.91 Å². The second-order valence-corrected chi connectivity index (χ2v) is 5.30. The van der Waals surface area contributed by atoms with Crippen LogP contribution in [0, 0.1) is 11.8 Å². The van der Waals surface area contributed by atoms with Crippen molar-refractivity contribution in [1.29, 1.82) is 0 Å². The number of hydrogen-bond donors (Lipinski definition) is 5. The zero-order valence-corrected chi connectivity index (χ0v) is 11.3. The van der Waals surface area contributed by atoms with Gasteiger partial charge in [-0.15, -0.1) is 0 Å². The monoisotopic (exact) mass is 275 g/mol. The van der Waals surface area contributed by atoms with Gasteiger partial charge in [0.15, 0.2) is 0 Å². The van der Waals surface area contributed by atoms with Crippen molar-refractivity contribution in [3.05, 3.63) is 0 Å². The van der Waals surface area contributed by atoms with E-state index < -0.39 is 24.2 Å². The lowest BCUT2D eigenvalue weighted by Crippen LogP contribution is -2.59. The van der Waals surface area contributed by atoms with Crippen LogP contribution in [0.15, 0.2) is 0 Å². The van der Waals surface area contributed by atoms with E-state index in [-0.39, 0.29) is 25.0 Å². The maximum Gasteiger partial charge on any atom is 0.220 e. The lowest BCUT2D eigenvalue weighted by Gasteiger charge is -2.42. The highest BCUT2D eigenvalue weighted by Crippen LogP contribution is 2.30. The molecule has 1 aliphatic rings. The van der Waals surface area contributed by atoms with Crippen LogP contribution < -0.4 is 5.32 Å². The Labute approximate surface area is 113 Å². The molecule has 19 heavy (non-hydrogen) atoms. The minimum absolute atomic E-state index is 0.181. The van der Waals surface area contributed by atoms with E-state index >= 15 is 0 Å². The van der Waals surface area contributed by atoms with E-state index in [0.717, 1.165) is 12.8 Å². The molecule has 0 radical (unpaired) electrons. The summed E-state index contributed by atoms with van der Waals surface area (Å²) in [6, 6.07) is -0.660. The van der Waals surface area contributed by atoms with Crippen LogP contribution in [-0.4, -0.2) is 57.8 Å². The molecule has 0 unspecified atom stereocenters. The van der Waals surface area contributed by atoms with Gasteiger partial charge in [0.1, 0.15) is 6.10 Å². The van der Waals surface area contributed by atoms with Gasteiger partial charge in [-0.05, 0) is 12.8 Å². The predicted molar refractivity (Wildman–Crippen MR) is 69.2 cm³/mol. The highest BCUT2D eigenvalue weighted by molar-refractivity contribution is 5.76. The van der Waals surface area contributed by atoms with Crippen molar-refractivity contribution in [2.45, 2.75) is 50.9 Å². The topological polar surface area (TPSA) is 110 Å². The molecule has 0 aromatic rings. The van der Waals surface area contributed by atoms with Crippen LogP contribution in [0.4, 0.5) is 0 Å². The maximum atomic E-state index is 11.7. The van der Waals surface area contributed by atoms with Gasteiger partial charge in [0.05, 0.1) is 12.1 Å². The molecule has 1 amide bonds. The van der Waals surface area contributed by atoms with Crippen LogP contribution in [0.25, 0.3) is 0 Å². The highest BCUT2D eigenvalue weighted by atomic mass is 16.3. The average Bonchev–Trinajstić information content (AvgIpc) is 2.42. The summed E-state index contributed by atoms with van der Waals surface area (Å²) in [4.78, 5) is 11.7. The van der Waals surface area contributed by atoms with Gasteiger partial charge in [0, 0.05) is 31.5 Å². The molecule has 0 aliphatic heterocycles. The number of rotatable bonds is 6. The minimum atomic E-state index is -1.16. The number of hydrogen-bond acceptors (Lipinski definition) is 5. The fraction of sp³-hybridized carbons (Fsp3) is 0.923. The molecular weight excluding hydrogens is 250 g/mol. The first kappa shape index (κ1) is 16.4. The standard InChI is InChI=1S/C13H25NO5/c1-2-3-4-10(17)14-11-8(6-15)5-9(7-16)12(18)13(11)19/h8-9,11-13,15-16,18-19H,2-7H2,1H3,(H,14,17)/t8-,9-,11+,12-,13-/m1/s1. The molecule has 0 bridgehead atoms. The molecule has 0 aromatic carbocycles. The molecule has 1 rings (SSSR count). The zero-order valence-electron chi connectivity index (χ0n) is 11.3. The van der Waals surface area contributed by atoms with Gasteiger partial charge in [-0.2, -0.15) is 0 Å². The van der Waals surface area contributed by atoms with E-state index in [4.69, 9.17) is 5.11 Å². The normalized spacial score (nSPS) is 35.1. The van der Waals surface area contributed by atoms with Crippen molar-refractivity contribution < 1.29 is 25.2 Å². The van der Waals surface area contributed by atoms with Crippen LogP contribution in [0.3, 0.4) is 0 Å². The number of aliphatic hydroxyl groups is 4. The van der Waals surface area contributed by atoms with E-state index in [1.54, 1.807) is 0 Å². The third kappa shape index (κ3) is 4.14. The molecule has 0 heterocycles. The third-order valence-corrected chi connectivity index (χ3v) is 3.87. The van der Waals surface area contributed by atoms with Crippen LogP contribution in [0.5, 0.6) is 0 Å². The Morgan fingerprint density at radius 3 is 2.32 bits per heavy atom. The number of amides is 1. The van der Waals surface area contributed by atoms with Gasteiger partial charge >= 0.3 is 0 Å². The Hall–Kier alpha value is -0.690. The van der Waals surface area contributed by atoms with Gasteiger partial charge in [0.25, 0.3) is 0 Å². The molecule has 1 fully saturated rings. The van der Waals surface area contributed by atoms with Gasteiger partial charge in [-0.1, -0.05) is 13.3 Å². The Morgan fingerprint density at radius 2 is 1.79 bits per heavy atom. The Kier molecular flexibility index (Phi) is 6.71. The Morgan fingerprint density at radius 1 is 1.16 bits per heavy atom. The molecule has 1 aliphatic carbocycles. The number of aliphatic hydroxyl groups excluding tert-OH is 4. The second-order valence-electron chi connectivity index (χ2n) is 5.30. The first-order chi connectivity index (χ1) is 9.04. The quantitative estimate of drug-likeness (QED) is 0.427. The van der Waals surface area contributed by atoms with E-state index in [2.05, 4.69) is 5.32 Å². The van der Waals surface area contributed by atoms with E-state index in [0.29, 0.717) is 12.8 Å². The summed E-state index contributed by atoms with van der Waals surface area (Å²) in [7, 11) is 0. The molecule has 6 heteroatoms. The first-order valence-electron chi connectivity index (χ1n) is 6.92. The fourth-order valence-corrected chi connectivity index (χ4v) is 2.61. The fourth-order valence-electron chi connectivity index (χ4n) is 2.61. The lowest BCUT2D eigenvalue weighted by molar-refractivity contribution is -0.130. The van der Waals surface area contributed by atoms with E-state index in [1.165, 1.54) is 0 Å². The predicted octanol–water partition coefficient (Wildman–Crippen LogP) is -0.996. The van der Waals surface area contributed by atoms with E-state index in [1.807, 2.05) is 6.92 Å². The van der Waals surface area contributed by atoms with Crippen molar-refractivity contribution in [2.75, 3.05) is 13.2 Å². The molecule has 5 N–H and O–H groups in total. The van der Waals surface area contributed by atoms with Crippen LogP contribution >= 0.6 is 0 Å². The van der Waals surface area contributed by atoms with E-state index in [9.17, 15) is 20.1 Å². The summed E-state index contributed by atoms with van der Waals surface area (Å²) in [6.45, 7) is 1.54. The second kappa shape index (κ2) is 7.79. The summed E-state index contributed by atoms with van der Waals surface area (Å²) in [6.07, 6.45) is 0.179. The number of carbonyl (C=O) groups excluding carboxylic acids is 1. The van der Waals surface area contributed by atoms with Crippen LogP contribution in [-0.2, 0) is 4.79 Å². The summed E-state index contributed by atoms with van der Waals surface area (Å²) >= 11 is 0. The van der Waals surface area contributed by atoms with Gasteiger partial charge in [-0.3, -0.25) is 4.79 Å². The van der Waals surface area contributed by atoms with Crippen LogP contribution in [0.1, 0.15) is 32.6 Å². The summed E-state index contributed by atoms with van der Waals surface area (Å²) in [5, 5.41) is 41.1. The van der Waals surface area contributed by atoms with Crippen molar-refractivity contribution in [2.24, 2.45) is 11.8 Å². The average molecular weight is 275 g/mol. The molecule has 5 atom stereocenters. The lowest BCUT2D eigenvalue weighted by atomic mass is 9.75. The third-order valence-electron chi connectivity index (χ3n) is 3.87. The SMILES string of the molecule is CCCCC(=O)N[C@H]1[C@@H](CO)C[C@H](CO)[C@@H](O)[C@@H]1O.